The largest absolute Gasteiger partial charge is 0.495 e. The van der Waals surface area contributed by atoms with Gasteiger partial charge in [0.05, 0.1) is 19.3 Å². The molecule has 2 aromatic rings. The average Bonchev–Trinajstić information content (AvgIpc) is 2.54. The number of guanidine groups is 1. The van der Waals surface area contributed by atoms with Crippen LogP contribution >= 0.6 is 24.0 Å². The molecule has 130 valence electrons. The Morgan fingerprint density at radius 1 is 1.17 bits per heavy atom. The third-order valence-corrected chi connectivity index (χ3v) is 3.62. The van der Waals surface area contributed by atoms with E-state index in [0.717, 1.165) is 5.69 Å². The normalized spacial score (nSPS) is 11.6. The first-order valence-electron chi connectivity index (χ1n) is 7.39. The summed E-state index contributed by atoms with van der Waals surface area (Å²) in [7, 11) is 1.59. The van der Waals surface area contributed by atoms with Crippen LogP contribution in [0, 0.1) is 5.82 Å². The highest BCUT2D eigenvalue weighted by Gasteiger charge is 2.23. The number of aliphatic imine (C=N–C) groups is 1. The molecule has 0 saturated carbocycles. The van der Waals surface area contributed by atoms with Gasteiger partial charge in [-0.1, -0.05) is 44.2 Å². The van der Waals surface area contributed by atoms with Gasteiger partial charge in [0.25, 0.3) is 0 Å². The molecule has 0 atom stereocenters. The Hall–Kier alpha value is -1.83. The molecule has 6 heteroatoms. The van der Waals surface area contributed by atoms with Crippen LogP contribution in [0.4, 0.5) is 10.1 Å². The summed E-state index contributed by atoms with van der Waals surface area (Å²) in [6.07, 6.45) is 0. The van der Waals surface area contributed by atoms with Crippen LogP contribution in [0.25, 0.3) is 0 Å². The van der Waals surface area contributed by atoms with Crippen LogP contribution in [-0.2, 0) is 5.41 Å². The molecule has 0 aliphatic carbocycles. The van der Waals surface area contributed by atoms with Gasteiger partial charge in [-0.25, -0.2) is 4.39 Å². The number of hydrogen-bond acceptors (Lipinski definition) is 2. The zero-order valence-electron chi connectivity index (χ0n) is 14.0. The highest BCUT2D eigenvalue weighted by Crippen LogP contribution is 2.26. The summed E-state index contributed by atoms with van der Waals surface area (Å²) in [5.74, 6) is 0.710. The van der Waals surface area contributed by atoms with Crippen molar-refractivity contribution < 1.29 is 9.13 Å². The zero-order valence-corrected chi connectivity index (χ0v) is 16.4. The number of nitrogens with zero attached hydrogens (tertiary/aromatic N) is 1. The monoisotopic (exact) mass is 443 g/mol. The maximum Gasteiger partial charge on any atom is 0.193 e. The van der Waals surface area contributed by atoms with Gasteiger partial charge < -0.3 is 15.8 Å². The van der Waals surface area contributed by atoms with E-state index < -0.39 is 5.41 Å². The van der Waals surface area contributed by atoms with Crippen LogP contribution in [0.5, 0.6) is 5.75 Å². The number of ether oxygens (including phenoxy) is 1. The predicted octanol–water partition coefficient (Wildman–Crippen LogP) is 4.16. The molecule has 3 N–H and O–H groups in total. The zero-order chi connectivity index (χ0) is 16.9. The van der Waals surface area contributed by atoms with Crippen molar-refractivity contribution in [2.45, 2.75) is 19.3 Å². The van der Waals surface area contributed by atoms with Crippen molar-refractivity contribution in [3.63, 3.8) is 0 Å². The van der Waals surface area contributed by atoms with Gasteiger partial charge in [0.1, 0.15) is 11.6 Å². The van der Waals surface area contributed by atoms with E-state index in [1.54, 1.807) is 19.2 Å². The van der Waals surface area contributed by atoms with Crippen molar-refractivity contribution in [1.29, 1.82) is 0 Å². The number of anilines is 1. The number of nitrogens with one attached hydrogen (secondary N) is 1. The Labute approximate surface area is 159 Å². The van der Waals surface area contributed by atoms with Gasteiger partial charge in [0, 0.05) is 5.41 Å². The Morgan fingerprint density at radius 3 is 2.46 bits per heavy atom. The van der Waals surface area contributed by atoms with Crippen LogP contribution in [0.3, 0.4) is 0 Å². The molecule has 0 fully saturated rings. The van der Waals surface area contributed by atoms with Crippen molar-refractivity contribution in [3.05, 3.63) is 59.9 Å². The van der Waals surface area contributed by atoms with Gasteiger partial charge in [-0.15, -0.1) is 24.0 Å². The van der Waals surface area contributed by atoms with Gasteiger partial charge in [0.2, 0.25) is 0 Å². The maximum absolute atomic E-state index is 13.9. The summed E-state index contributed by atoms with van der Waals surface area (Å²) in [6.45, 7) is 4.23. The Balaban J connectivity index is 0.00000288. The fourth-order valence-electron chi connectivity index (χ4n) is 2.30. The quantitative estimate of drug-likeness (QED) is 0.415. The van der Waals surface area contributed by atoms with Crippen molar-refractivity contribution in [2.75, 3.05) is 19.0 Å². The van der Waals surface area contributed by atoms with Gasteiger partial charge in [-0.05, 0) is 23.8 Å². The third-order valence-electron chi connectivity index (χ3n) is 3.62. The maximum atomic E-state index is 13.9. The molecule has 0 aromatic heterocycles. The Bertz CT molecular complexity index is 704. The topological polar surface area (TPSA) is 59.6 Å². The lowest BCUT2D eigenvalue weighted by Gasteiger charge is -2.24. The molecule has 2 aromatic carbocycles. The number of hydrogen-bond donors (Lipinski definition) is 2. The molecule has 0 radical (unpaired) electrons. The number of methoxy groups -OCH3 is 1. The van der Waals surface area contributed by atoms with Gasteiger partial charge in [-0.3, -0.25) is 4.99 Å². The lowest BCUT2D eigenvalue weighted by Crippen LogP contribution is -2.28. The van der Waals surface area contributed by atoms with Crippen LogP contribution in [0.2, 0.25) is 0 Å². The lowest BCUT2D eigenvalue weighted by molar-refractivity contribution is 0.417. The number of nitrogens with two attached hydrogens (primary N) is 1. The number of benzene rings is 2. The van der Waals surface area contributed by atoms with Crippen molar-refractivity contribution in [3.8, 4) is 5.75 Å². The van der Waals surface area contributed by atoms with Gasteiger partial charge in [-0.2, -0.15) is 0 Å². The van der Waals surface area contributed by atoms with E-state index in [1.807, 2.05) is 44.2 Å². The Kier molecular flexibility index (Phi) is 7.47. The van der Waals surface area contributed by atoms with Crippen LogP contribution in [0.15, 0.2) is 53.5 Å². The van der Waals surface area contributed by atoms with E-state index in [2.05, 4.69) is 10.3 Å². The molecule has 0 bridgehead atoms. The molecule has 0 aliphatic rings. The first kappa shape index (κ1) is 20.2. The second-order valence-corrected chi connectivity index (χ2v) is 5.89. The van der Waals surface area contributed by atoms with Crippen LogP contribution in [-0.4, -0.2) is 19.6 Å². The molecule has 0 aliphatic heterocycles. The molecule has 0 unspecified atom stereocenters. The van der Waals surface area contributed by atoms with Gasteiger partial charge >= 0.3 is 0 Å². The molecule has 0 saturated heterocycles. The van der Waals surface area contributed by atoms with Crippen LogP contribution < -0.4 is 15.8 Å². The molecule has 0 heterocycles. The minimum absolute atomic E-state index is 0. The Morgan fingerprint density at radius 2 is 1.79 bits per heavy atom. The van der Waals surface area contributed by atoms with E-state index in [0.29, 0.717) is 17.9 Å². The standard InChI is InChI=1S/C18H22FN3O.HI/c1-18(2,13-8-4-5-9-14(13)19)12-21-17(20)22-15-10-6-7-11-16(15)23-3;/h4-11H,12H2,1-3H3,(H3,20,21,22);1H. The fourth-order valence-corrected chi connectivity index (χ4v) is 2.30. The highest BCUT2D eigenvalue weighted by molar-refractivity contribution is 14.0. The highest BCUT2D eigenvalue weighted by atomic mass is 127. The van der Waals surface area contributed by atoms with E-state index >= 15 is 0 Å². The molecule has 0 amide bonds. The van der Waals surface area contributed by atoms with E-state index in [9.17, 15) is 4.39 Å². The summed E-state index contributed by atoms with van der Waals surface area (Å²) >= 11 is 0. The second-order valence-electron chi connectivity index (χ2n) is 5.89. The van der Waals surface area contributed by atoms with Crippen molar-refractivity contribution in [1.82, 2.24) is 0 Å². The predicted molar refractivity (Wildman–Crippen MR) is 108 cm³/mol. The third kappa shape index (κ3) is 5.09. The van der Waals surface area contributed by atoms with E-state index in [1.165, 1.54) is 6.07 Å². The molecule has 0 spiro atoms. The second kappa shape index (κ2) is 8.86. The van der Waals surface area contributed by atoms with Crippen molar-refractivity contribution >= 4 is 35.6 Å². The number of halogens is 2. The minimum Gasteiger partial charge on any atom is -0.495 e. The summed E-state index contributed by atoms with van der Waals surface area (Å²) in [5.41, 5.74) is 6.84. The summed E-state index contributed by atoms with van der Waals surface area (Å²) < 4.78 is 19.2. The minimum atomic E-state index is -0.460. The molecule has 24 heavy (non-hydrogen) atoms. The summed E-state index contributed by atoms with van der Waals surface area (Å²) in [4.78, 5) is 4.35. The molecule has 2 rings (SSSR count). The van der Waals surface area contributed by atoms with Crippen molar-refractivity contribution in [2.24, 2.45) is 10.7 Å². The SMILES string of the molecule is COc1ccccc1NC(N)=NCC(C)(C)c1ccccc1F.I. The number of para-hydroxylation sites is 2. The lowest BCUT2D eigenvalue weighted by atomic mass is 9.84. The summed E-state index contributed by atoms with van der Waals surface area (Å²) in [5, 5.41) is 3.01. The first-order chi connectivity index (χ1) is 10.9. The number of rotatable bonds is 5. The smallest absolute Gasteiger partial charge is 0.193 e. The average molecular weight is 443 g/mol. The molecule has 4 nitrogen and oxygen atoms in total. The summed E-state index contributed by atoms with van der Waals surface area (Å²) in [6, 6.07) is 14.2. The molecular formula is C18H23FIN3O. The molecular weight excluding hydrogens is 420 g/mol. The van der Waals surface area contributed by atoms with E-state index in [4.69, 9.17) is 10.5 Å². The van der Waals surface area contributed by atoms with Gasteiger partial charge in [0.15, 0.2) is 5.96 Å². The first-order valence-corrected chi connectivity index (χ1v) is 7.39. The fraction of sp³-hybridized carbons (Fsp3) is 0.278. The van der Waals surface area contributed by atoms with Crippen LogP contribution in [0.1, 0.15) is 19.4 Å². The van der Waals surface area contributed by atoms with E-state index in [-0.39, 0.29) is 35.8 Å².